The third-order valence-corrected chi connectivity index (χ3v) is 8.54. The zero-order valence-electron chi connectivity index (χ0n) is 27.7. The topological polar surface area (TPSA) is 207 Å². The summed E-state index contributed by atoms with van der Waals surface area (Å²) in [5.41, 5.74) is 9.18. The molecule has 5 rings (SSSR count). The van der Waals surface area contributed by atoms with Crippen molar-refractivity contribution in [3.63, 3.8) is 0 Å². The van der Waals surface area contributed by atoms with E-state index in [0.29, 0.717) is 46.7 Å². The summed E-state index contributed by atoms with van der Waals surface area (Å²) in [4.78, 5) is 79.5. The molecule has 14 nitrogen and oxygen atoms in total. The van der Waals surface area contributed by atoms with Crippen molar-refractivity contribution in [3.05, 3.63) is 83.4 Å². The molecule has 2 aliphatic rings. The fraction of sp³-hybridized carbons (Fsp3) is 0.333. The van der Waals surface area contributed by atoms with Gasteiger partial charge in [-0.1, -0.05) is 61.5 Å². The highest BCUT2D eigenvalue weighted by Crippen LogP contribution is 2.44. The maximum absolute atomic E-state index is 13.9. The van der Waals surface area contributed by atoms with E-state index in [-0.39, 0.29) is 25.4 Å². The summed E-state index contributed by atoms with van der Waals surface area (Å²) in [5.74, 6) is -3.80. The molecule has 4 atom stereocenters. The maximum atomic E-state index is 13.9. The monoisotopic (exact) mass is 684 g/mol. The molecular weight excluding hydrogens is 644 g/mol. The zero-order chi connectivity index (χ0) is 35.8. The van der Waals surface area contributed by atoms with Crippen LogP contribution in [-0.2, 0) is 41.7 Å². The van der Waals surface area contributed by atoms with Gasteiger partial charge >= 0.3 is 6.09 Å². The van der Waals surface area contributed by atoms with Gasteiger partial charge < -0.3 is 41.8 Å². The van der Waals surface area contributed by atoms with Gasteiger partial charge in [-0.15, -0.1) is 0 Å². The van der Waals surface area contributed by atoms with E-state index >= 15 is 0 Å². The first-order valence-corrected chi connectivity index (χ1v) is 16.3. The highest BCUT2D eigenvalue weighted by Gasteiger charge is 2.38. The van der Waals surface area contributed by atoms with Gasteiger partial charge in [0.15, 0.2) is 0 Å². The van der Waals surface area contributed by atoms with Crippen LogP contribution in [-0.4, -0.2) is 67.4 Å². The van der Waals surface area contributed by atoms with E-state index in [9.17, 15) is 28.8 Å². The number of para-hydroxylation sites is 1. The Kier molecular flexibility index (Phi) is 11.3. The lowest BCUT2D eigenvalue weighted by Gasteiger charge is -2.26. The predicted octanol–water partition coefficient (Wildman–Crippen LogP) is 2.01. The number of amides is 6. The first-order valence-electron chi connectivity index (χ1n) is 16.3. The largest absolute Gasteiger partial charge is 0.496 e. The second-order valence-corrected chi connectivity index (χ2v) is 12.1. The maximum Gasteiger partial charge on any atom is 0.408 e. The molecule has 0 radical (unpaired) electrons. The van der Waals surface area contributed by atoms with Crippen LogP contribution < -0.4 is 37.1 Å². The van der Waals surface area contributed by atoms with Crippen molar-refractivity contribution in [1.29, 1.82) is 0 Å². The second-order valence-electron chi connectivity index (χ2n) is 12.1. The van der Waals surface area contributed by atoms with Crippen molar-refractivity contribution in [2.45, 2.75) is 63.3 Å². The molecule has 0 saturated carbocycles. The van der Waals surface area contributed by atoms with Crippen LogP contribution in [0.1, 0.15) is 48.8 Å². The molecule has 0 fully saturated rings. The lowest BCUT2D eigenvalue weighted by atomic mass is 9.89. The SMILES string of the molecule is CCCNC(=O)[C@@H]1C[C@@H]2C(=O)Nc3c(cccc32)-c2cc(ccc2OC)C[C@H](NC(=O)OCc2ccccc2)C(=O)N[C@@H](CC(N)=O)C(=O)N1. The average Bonchev–Trinajstić information content (AvgIpc) is 3.42. The molecular formula is C36H40N6O8. The van der Waals surface area contributed by atoms with Gasteiger partial charge in [-0.25, -0.2) is 4.79 Å². The lowest BCUT2D eigenvalue weighted by Crippen LogP contribution is -2.58. The highest BCUT2D eigenvalue weighted by molar-refractivity contribution is 6.08. The standard InChI is InChI=1S/C36H40N6O8/c1-3-14-38-33(45)27-17-25-23-11-7-10-22(31(23)42-32(25)44)24-15-21(12-13-29(24)49-2)16-26(34(46)40-28(18-30(37)43)35(47)39-27)41-36(48)50-19-20-8-5-4-6-9-20/h4-13,15,25-28H,3,14,16-19H2,1-2H3,(H2,37,43)(H,38,45)(H,39,47)(H,40,46)(H,41,48)(H,42,44)/t25-,26-,27-,28-/m0/s1. The number of hydrogen-bond donors (Lipinski definition) is 6. The molecule has 6 bridgehead atoms. The van der Waals surface area contributed by atoms with Crippen LogP contribution in [0.4, 0.5) is 10.5 Å². The molecule has 7 N–H and O–H groups in total. The Labute approximate surface area is 288 Å². The predicted molar refractivity (Wildman–Crippen MR) is 183 cm³/mol. The number of ether oxygens (including phenoxy) is 2. The minimum absolute atomic E-state index is 0.0618. The van der Waals surface area contributed by atoms with Gasteiger partial charge in [0.05, 0.1) is 25.1 Å². The van der Waals surface area contributed by atoms with Crippen LogP contribution in [0.5, 0.6) is 5.75 Å². The molecule has 0 saturated heterocycles. The number of carbonyl (C=O) groups is 6. The number of anilines is 1. The molecule has 0 spiro atoms. The Bertz CT molecular complexity index is 1780. The number of nitrogens with two attached hydrogens (primary N) is 1. The van der Waals surface area contributed by atoms with Gasteiger partial charge in [-0.2, -0.15) is 0 Å². The highest BCUT2D eigenvalue weighted by atomic mass is 16.5. The number of alkyl carbamates (subject to hydrolysis) is 1. The van der Waals surface area contributed by atoms with Gasteiger partial charge in [-0.05, 0) is 41.7 Å². The third kappa shape index (κ3) is 8.38. The summed E-state index contributed by atoms with van der Waals surface area (Å²) in [6, 6.07) is 15.5. The zero-order valence-corrected chi connectivity index (χ0v) is 27.7. The number of primary amides is 1. The first kappa shape index (κ1) is 35.4. The molecule has 14 heteroatoms. The van der Waals surface area contributed by atoms with Gasteiger partial charge in [-0.3, -0.25) is 24.0 Å². The number of methoxy groups -OCH3 is 1. The molecule has 2 aliphatic heterocycles. The molecule has 0 unspecified atom stereocenters. The van der Waals surface area contributed by atoms with Gasteiger partial charge in [0.2, 0.25) is 29.5 Å². The van der Waals surface area contributed by atoms with Crippen LogP contribution in [0, 0.1) is 0 Å². The van der Waals surface area contributed by atoms with Crippen LogP contribution in [0.25, 0.3) is 11.1 Å². The number of rotatable bonds is 9. The normalized spacial score (nSPS) is 20.1. The summed E-state index contributed by atoms with van der Waals surface area (Å²) in [5, 5.41) is 13.5. The third-order valence-electron chi connectivity index (χ3n) is 8.54. The van der Waals surface area contributed by atoms with Crippen LogP contribution in [0.3, 0.4) is 0 Å². The van der Waals surface area contributed by atoms with Crippen molar-refractivity contribution in [2.24, 2.45) is 5.73 Å². The summed E-state index contributed by atoms with van der Waals surface area (Å²) in [7, 11) is 1.51. The average molecular weight is 685 g/mol. The molecule has 3 aromatic carbocycles. The number of hydrogen-bond acceptors (Lipinski definition) is 8. The van der Waals surface area contributed by atoms with Crippen molar-refractivity contribution in [3.8, 4) is 16.9 Å². The van der Waals surface area contributed by atoms with Crippen molar-refractivity contribution in [1.82, 2.24) is 21.3 Å². The Morgan fingerprint density at radius 3 is 2.42 bits per heavy atom. The molecule has 0 aliphatic carbocycles. The van der Waals surface area contributed by atoms with E-state index in [2.05, 4.69) is 26.6 Å². The van der Waals surface area contributed by atoms with Gasteiger partial charge in [0.25, 0.3) is 0 Å². The van der Waals surface area contributed by atoms with E-state index in [1.54, 1.807) is 54.6 Å². The van der Waals surface area contributed by atoms with E-state index in [4.69, 9.17) is 15.2 Å². The Hall–Kier alpha value is -5.92. The fourth-order valence-corrected chi connectivity index (χ4v) is 6.05. The number of nitrogens with one attached hydrogen (secondary N) is 5. The summed E-state index contributed by atoms with van der Waals surface area (Å²) in [6.45, 7) is 2.12. The van der Waals surface area contributed by atoms with Crippen LogP contribution in [0.15, 0.2) is 66.7 Å². The van der Waals surface area contributed by atoms with Crippen molar-refractivity contribution in [2.75, 3.05) is 19.0 Å². The fourth-order valence-electron chi connectivity index (χ4n) is 6.05. The number of fused-ring (bicyclic) bond motifs is 3. The second kappa shape index (κ2) is 16.0. The van der Waals surface area contributed by atoms with E-state index in [0.717, 1.165) is 5.56 Å². The summed E-state index contributed by atoms with van der Waals surface area (Å²) >= 11 is 0. The Morgan fingerprint density at radius 2 is 1.70 bits per heavy atom. The quantitative estimate of drug-likeness (QED) is 0.196. The molecule has 0 aromatic heterocycles. The molecule has 3 aromatic rings. The molecule has 2 heterocycles. The van der Waals surface area contributed by atoms with Crippen molar-refractivity contribution < 1.29 is 38.2 Å². The van der Waals surface area contributed by atoms with Gasteiger partial charge in [0.1, 0.15) is 30.5 Å². The summed E-state index contributed by atoms with van der Waals surface area (Å²) in [6.07, 6.45) is -1.06. The van der Waals surface area contributed by atoms with Gasteiger partial charge in [0, 0.05) is 24.1 Å². The Balaban J connectivity index is 1.57. The first-order chi connectivity index (χ1) is 24.1. The van der Waals surface area contributed by atoms with Crippen LogP contribution >= 0.6 is 0 Å². The summed E-state index contributed by atoms with van der Waals surface area (Å²) < 4.78 is 11.1. The van der Waals surface area contributed by atoms with E-state index in [1.807, 2.05) is 19.1 Å². The van der Waals surface area contributed by atoms with E-state index in [1.165, 1.54) is 7.11 Å². The number of carbonyl (C=O) groups excluding carboxylic acids is 6. The van der Waals surface area contributed by atoms with E-state index < -0.39 is 60.2 Å². The minimum atomic E-state index is -1.51. The Morgan fingerprint density at radius 1 is 0.920 bits per heavy atom. The lowest BCUT2D eigenvalue weighted by molar-refractivity contribution is -0.134. The number of benzene rings is 3. The molecule has 262 valence electrons. The minimum Gasteiger partial charge on any atom is -0.496 e. The van der Waals surface area contributed by atoms with Crippen molar-refractivity contribution >= 4 is 41.3 Å². The smallest absolute Gasteiger partial charge is 0.408 e. The molecule has 6 amide bonds. The molecule has 50 heavy (non-hydrogen) atoms. The van der Waals surface area contributed by atoms with Crippen LogP contribution in [0.2, 0.25) is 0 Å².